The van der Waals surface area contributed by atoms with Crippen LogP contribution in [0, 0.1) is 0 Å². The predicted octanol–water partition coefficient (Wildman–Crippen LogP) is 3.06. The van der Waals surface area contributed by atoms with Gasteiger partial charge in [0, 0.05) is 23.7 Å². The van der Waals surface area contributed by atoms with Crippen molar-refractivity contribution < 1.29 is 14.6 Å². The van der Waals surface area contributed by atoms with Crippen molar-refractivity contribution in [2.24, 2.45) is 0 Å². The lowest BCUT2D eigenvalue weighted by atomic mass is 10.1. The number of nitrogens with one attached hydrogen (secondary N) is 1. The first-order valence-corrected chi connectivity index (χ1v) is 6.67. The van der Waals surface area contributed by atoms with Crippen LogP contribution in [0.3, 0.4) is 0 Å². The largest absolute Gasteiger partial charge is 0.508 e. The molecule has 3 rings (SSSR count). The zero-order chi connectivity index (χ0) is 13.9. The van der Waals surface area contributed by atoms with Gasteiger partial charge >= 0.3 is 0 Å². The molecule has 1 heterocycles. The van der Waals surface area contributed by atoms with Gasteiger partial charge < -0.3 is 19.9 Å². The van der Waals surface area contributed by atoms with E-state index < -0.39 is 0 Å². The Hall–Kier alpha value is -1.91. The molecule has 0 bridgehead atoms. The number of hydrogen-bond acceptors (Lipinski definition) is 4. The Morgan fingerprint density at radius 2 is 1.90 bits per heavy atom. The third kappa shape index (κ3) is 2.81. The van der Waals surface area contributed by atoms with Gasteiger partial charge in [0.1, 0.15) is 5.75 Å². The number of phenolic OH excluding ortho intramolecular Hbond substituents is 1. The van der Waals surface area contributed by atoms with Gasteiger partial charge in [-0.25, -0.2) is 0 Å². The van der Waals surface area contributed by atoms with Crippen LogP contribution >= 0.6 is 11.6 Å². The molecular weight excluding hydrogens is 278 g/mol. The summed E-state index contributed by atoms with van der Waals surface area (Å²) in [4.78, 5) is 0. The number of halogens is 1. The van der Waals surface area contributed by atoms with Crippen molar-refractivity contribution in [1.29, 1.82) is 0 Å². The molecule has 0 fully saturated rings. The van der Waals surface area contributed by atoms with Gasteiger partial charge in [-0.1, -0.05) is 17.7 Å². The van der Waals surface area contributed by atoms with Gasteiger partial charge in [0.2, 0.25) is 6.79 Å². The molecule has 0 saturated carbocycles. The van der Waals surface area contributed by atoms with Crippen LogP contribution in [0.5, 0.6) is 17.2 Å². The number of benzene rings is 2. The topological polar surface area (TPSA) is 50.7 Å². The molecule has 0 aromatic heterocycles. The summed E-state index contributed by atoms with van der Waals surface area (Å²) >= 11 is 5.91. The average molecular weight is 292 g/mol. The molecule has 0 amide bonds. The second-order valence-electron chi connectivity index (χ2n) is 4.56. The zero-order valence-electron chi connectivity index (χ0n) is 10.7. The summed E-state index contributed by atoms with van der Waals surface area (Å²) in [5, 5.41) is 13.6. The minimum atomic E-state index is 0.243. The maximum Gasteiger partial charge on any atom is 0.231 e. The number of ether oxygens (including phenoxy) is 2. The van der Waals surface area contributed by atoms with Crippen LogP contribution in [0.25, 0.3) is 0 Å². The highest BCUT2D eigenvalue weighted by atomic mass is 35.5. The molecule has 2 aromatic carbocycles. The molecule has 0 saturated heterocycles. The maximum absolute atomic E-state index is 9.72. The summed E-state index contributed by atoms with van der Waals surface area (Å²) in [6.45, 7) is 1.49. The molecule has 1 aliphatic heterocycles. The monoisotopic (exact) mass is 291 g/mol. The molecule has 1 aliphatic rings. The van der Waals surface area contributed by atoms with Crippen LogP contribution in [0.1, 0.15) is 11.1 Å². The predicted molar refractivity (Wildman–Crippen MR) is 76.2 cm³/mol. The molecule has 104 valence electrons. The van der Waals surface area contributed by atoms with Crippen LogP contribution in [-0.2, 0) is 13.1 Å². The second kappa shape index (κ2) is 5.61. The zero-order valence-corrected chi connectivity index (χ0v) is 11.5. The van der Waals surface area contributed by atoms with E-state index in [9.17, 15) is 5.11 Å². The molecule has 0 unspecified atom stereocenters. The van der Waals surface area contributed by atoms with E-state index in [-0.39, 0.29) is 12.5 Å². The number of fused-ring (bicyclic) bond motifs is 1. The fourth-order valence-electron chi connectivity index (χ4n) is 2.09. The summed E-state index contributed by atoms with van der Waals surface area (Å²) in [5.74, 6) is 1.80. The summed E-state index contributed by atoms with van der Waals surface area (Å²) in [6, 6.07) is 10.9. The molecule has 4 nitrogen and oxygen atoms in total. The Balaban J connectivity index is 1.61. The highest BCUT2D eigenvalue weighted by Gasteiger charge is 2.12. The average Bonchev–Trinajstić information content (AvgIpc) is 2.90. The molecule has 0 radical (unpaired) electrons. The summed E-state index contributed by atoms with van der Waals surface area (Å²) in [7, 11) is 0. The van der Waals surface area contributed by atoms with Gasteiger partial charge in [0.05, 0.1) is 0 Å². The van der Waals surface area contributed by atoms with Gasteiger partial charge in [-0.15, -0.1) is 0 Å². The molecule has 2 aromatic rings. The van der Waals surface area contributed by atoms with Gasteiger partial charge in [-0.2, -0.15) is 0 Å². The fourth-order valence-corrected chi connectivity index (χ4v) is 2.28. The van der Waals surface area contributed by atoms with Crippen LogP contribution in [0.2, 0.25) is 5.02 Å². The Bertz CT molecular complexity index is 631. The smallest absolute Gasteiger partial charge is 0.231 e. The van der Waals surface area contributed by atoms with Gasteiger partial charge in [-0.05, 0) is 35.9 Å². The van der Waals surface area contributed by atoms with Gasteiger partial charge in [-0.3, -0.25) is 0 Å². The first-order chi connectivity index (χ1) is 9.72. The normalized spacial score (nSPS) is 12.7. The Kier molecular flexibility index (Phi) is 3.67. The van der Waals surface area contributed by atoms with E-state index >= 15 is 0 Å². The van der Waals surface area contributed by atoms with Crippen molar-refractivity contribution in [3.8, 4) is 17.2 Å². The van der Waals surface area contributed by atoms with E-state index in [2.05, 4.69) is 5.32 Å². The molecule has 2 N–H and O–H groups in total. The molecule has 5 heteroatoms. The molecule has 20 heavy (non-hydrogen) atoms. The number of phenols is 1. The van der Waals surface area contributed by atoms with Crippen LogP contribution in [0.4, 0.5) is 0 Å². The van der Waals surface area contributed by atoms with Crippen LogP contribution in [-0.4, -0.2) is 11.9 Å². The quantitative estimate of drug-likeness (QED) is 0.909. The standard InChI is InChI=1S/C15H14ClNO3/c16-12-2-3-13(18)11(6-12)8-17-7-10-1-4-14-15(5-10)20-9-19-14/h1-6,17-18H,7-9H2. The lowest BCUT2D eigenvalue weighted by molar-refractivity contribution is 0.174. The van der Waals surface area contributed by atoms with E-state index in [0.717, 1.165) is 22.6 Å². The fraction of sp³-hybridized carbons (Fsp3) is 0.200. The molecule has 0 atom stereocenters. The third-order valence-electron chi connectivity index (χ3n) is 3.12. The van der Waals surface area contributed by atoms with Crippen molar-refractivity contribution in [2.75, 3.05) is 6.79 Å². The van der Waals surface area contributed by atoms with E-state index in [4.69, 9.17) is 21.1 Å². The number of rotatable bonds is 4. The van der Waals surface area contributed by atoms with Gasteiger partial charge in [0.25, 0.3) is 0 Å². The molecule has 0 aliphatic carbocycles. The first-order valence-electron chi connectivity index (χ1n) is 6.29. The minimum Gasteiger partial charge on any atom is -0.508 e. The van der Waals surface area contributed by atoms with Crippen molar-refractivity contribution >= 4 is 11.6 Å². The summed E-state index contributed by atoms with van der Waals surface area (Å²) < 4.78 is 10.6. The van der Waals surface area contributed by atoms with Crippen molar-refractivity contribution in [1.82, 2.24) is 5.32 Å². The lowest BCUT2D eigenvalue weighted by Crippen LogP contribution is -2.12. The summed E-state index contributed by atoms with van der Waals surface area (Å²) in [6.07, 6.45) is 0. The van der Waals surface area contributed by atoms with Crippen molar-refractivity contribution in [3.05, 3.63) is 52.5 Å². The maximum atomic E-state index is 9.72. The Morgan fingerprint density at radius 3 is 2.80 bits per heavy atom. The van der Waals surface area contributed by atoms with E-state index in [1.807, 2.05) is 18.2 Å². The Morgan fingerprint density at radius 1 is 1.05 bits per heavy atom. The molecule has 0 spiro atoms. The highest BCUT2D eigenvalue weighted by Crippen LogP contribution is 2.32. The number of hydrogen-bond donors (Lipinski definition) is 2. The van der Waals surface area contributed by atoms with Gasteiger partial charge in [0.15, 0.2) is 11.5 Å². The number of aromatic hydroxyl groups is 1. The van der Waals surface area contributed by atoms with Crippen molar-refractivity contribution in [2.45, 2.75) is 13.1 Å². The van der Waals surface area contributed by atoms with Crippen molar-refractivity contribution in [3.63, 3.8) is 0 Å². The third-order valence-corrected chi connectivity index (χ3v) is 3.36. The highest BCUT2D eigenvalue weighted by molar-refractivity contribution is 6.30. The van der Waals surface area contributed by atoms with E-state index in [0.29, 0.717) is 18.1 Å². The Labute approximate surface area is 121 Å². The van der Waals surface area contributed by atoms with Crippen LogP contribution < -0.4 is 14.8 Å². The van der Waals surface area contributed by atoms with E-state index in [1.54, 1.807) is 18.2 Å². The van der Waals surface area contributed by atoms with E-state index in [1.165, 1.54) is 0 Å². The summed E-state index contributed by atoms with van der Waals surface area (Å²) in [5.41, 5.74) is 1.87. The second-order valence-corrected chi connectivity index (χ2v) is 5.00. The van der Waals surface area contributed by atoms with Crippen LogP contribution in [0.15, 0.2) is 36.4 Å². The first kappa shape index (κ1) is 13.1. The minimum absolute atomic E-state index is 0.243. The lowest BCUT2D eigenvalue weighted by Gasteiger charge is -2.08. The molecular formula is C15H14ClNO3. The SMILES string of the molecule is Oc1ccc(Cl)cc1CNCc1ccc2c(c1)OCO2.